The molecule has 7 nitrogen and oxygen atoms in total. The van der Waals surface area contributed by atoms with Crippen molar-refractivity contribution in [1.82, 2.24) is 15.2 Å². The van der Waals surface area contributed by atoms with E-state index in [1.165, 1.54) is 25.0 Å². The van der Waals surface area contributed by atoms with Gasteiger partial charge in [0.1, 0.15) is 11.5 Å². The van der Waals surface area contributed by atoms with Gasteiger partial charge in [0.15, 0.2) is 5.96 Å². The van der Waals surface area contributed by atoms with Gasteiger partial charge in [-0.05, 0) is 51.0 Å². The van der Waals surface area contributed by atoms with E-state index in [-0.39, 0.29) is 24.0 Å². The highest BCUT2D eigenvalue weighted by atomic mass is 127. The smallest absolute Gasteiger partial charge is 0.193 e. The maximum Gasteiger partial charge on any atom is 0.193 e. The first-order chi connectivity index (χ1) is 15.1. The van der Waals surface area contributed by atoms with Gasteiger partial charge in [-0.3, -0.25) is 4.99 Å². The van der Waals surface area contributed by atoms with Gasteiger partial charge in [0.25, 0.3) is 0 Å². The second kappa shape index (κ2) is 13.8. The van der Waals surface area contributed by atoms with E-state index in [4.69, 9.17) is 19.2 Å². The number of rotatable bonds is 10. The number of guanidine groups is 1. The number of aromatic amines is 1. The molecule has 1 aromatic carbocycles. The van der Waals surface area contributed by atoms with Crippen molar-refractivity contribution in [3.8, 4) is 11.5 Å². The number of hydrogen-bond acceptors (Lipinski definition) is 4. The summed E-state index contributed by atoms with van der Waals surface area (Å²) in [5.41, 5.74) is 2.23. The normalized spacial score (nSPS) is 14.8. The number of aliphatic imine (C=N–C) groups is 1. The number of halogens is 1. The number of aryl methyl sites for hydroxylation is 1. The summed E-state index contributed by atoms with van der Waals surface area (Å²) in [4.78, 5) is 10.6. The molecule has 0 unspecified atom stereocenters. The summed E-state index contributed by atoms with van der Waals surface area (Å²) in [7, 11) is 5.50. The summed E-state index contributed by atoms with van der Waals surface area (Å²) < 4.78 is 16.4. The minimum absolute atomic E-state index is 0. The molecule has 1 aromatic heterocycles. The zero-order chi connectivity index (χ0) is 22.1. The van der Waals surface area contributed by atoms with Crippen LogP contribution in [0, 0.1) is 5.92 Å². The van der Waals surface area contributed by atoms with Gasteiger partial charge in [-0.2, -0.15) is 0 Å². The van der Waals surface area contributed by atoms with Crippen molar-refractivity contribution in [2.45, 2.75) is 39.0 Å². The first-order valence-corrected chi connectivity index (χ1v) is 11.4. The Morgan fingerprint density at radius 2 is 2.00 bits per heavy atom. The quantitative estimate of drug-likeness (QED) is 0.195. The van der Waals surface area contributed by atoms with Gasteiger partial charge >= 0.3 is 0 Å². The number of ether oxygens (including phenoxy) is 3. The van der Waals surface area contributed by atoms with Crippen LogP contribution in [0.2, 0.25) is 0 Å². The summed E-state index contributed by atoms with van der Waals surface area (Å²) in [5.74, 6) is 3.39. The number of aromatic nitrogens is 1. The van der Waals surface area contributed by atoms with Crippen LogP contribution in [-0.2, 0) is 11.2 Å². The van der Waals surface area contributed by atoms with Crippen LogP contribution in [0.15, 0.2) is 23.2 Å². The number of H-pyrrole nitrogens is 1. The van der Waals surface area contributed by atoms with Crippen LogP contribution < -0.4 is 14.8 Å². The molecule has 3 rings (SSSR count). The third-order valence-corrected chi connectivity index (χ3v) is 5.96. The van der Waals surface area contributed by atoms with Gasteiger partial charge in [0.2, 0.25) is 0 Å². The average Bonchev–Trinajstić information content (AvgIpc) is 3.22. The number of benzene rings is 1. The summed E-state index contributed by atoms with van der Waals surface area (Å²) in [6, 6.07) is 6.10. The van der Waals surface area contributed by atoms with Gasteiger partial charge in [0.05, 0.1) is 19.7 Å². The van der Waals surface area contributed by atoms with Crippen LogP contribution >= 0.6 is 24.0 Å². The minimum atomic E-state index is 0. The maximum atomic E-state index is 5.52. The zero-order valence-corrected chi connectivity index (χ0v) is 22.2. The SMILES string of the molecule is CCNC(=NCCCc1cc2c(OC)cc(OC)cc2[nH]1)N(C)CCC1CCOCC1.I. The molecule has 0 spiro atoms. The fraction of sp³-hybridized carbons (Fsp3) is 0.625. The second-order valence-corrected chi connectivity index (χ2v) is 8.19. The predicted octanol–water partition coefficient (Wildman–Crippen LogP) is 4.45. The highest BCUT2D eigenvalue weighted by molar-refractivity contribution is 14.0. The molecule has 0 atom stereocenters. The first kappa shape index (κ1) is 26.6. The molecule has 8 heteroatoms. The van der Waals surface area contributed by atoms with Crippen LogP contribution in [0.4, 0.5) is 0 Å². The number of nitrogens with zero attached hydrogens (tertiary/aromatic N) is 2. The monoisotopic (exact) mass is 558 g/mol. The molecule has 0 bridgehead atoms. The second-order valence-electron chi connectivity index (χ2n) is 8.19. The summed E-state index contributed by atoms with van der Waals surface area (Å²) in [6.45, 7) is 6.64. The lowest BCUT2D eigenvalue weighted by atomic mass is 9.96. The van der Waals surface area contributed by atoms with Gasteiger partial charge in [-0.1, -0.05) is 0 Å². The Kier molecular flexibility index (Phi) is 11.4. The fourth-order valence-electron chi connectivity index (χ4n) is 4.10. The predicted molar refractivity (Wildman–Crippen MR) is 142 cm³/mol. The highest BCUT2D eigenvalue weighted by Gasteiger charge is 2.15. The van der Waals surface area contributed by atoms with Crippen molar-refractivity contribution in [1.29, 1.82) is 0 Å². The molecule has 32 heavy (non-hydrogen) atoms. The topological polar surface area (TPSA) is 71.1 Å². The van der Waals surface area contributed by atoms with Gasteiger partial charge in [0, 0.05) is 63.1 Å². The number of hydrogen-bond donors (Lipinski definition) is 2. The zero-order valence-electron chi connectivity index (χ0n) is 19.9. The Morgan fingerprint density at radius 1 is 1.22 bits per heavy atom. The van der Waals surface area contributed by atoms with Crippen LogP contribution in [-0.4, -0.2) is 70.0 Å². The van der Waals surface area contributed by atoms with Crippen LogP contribution in [0.3, 0.4) is 0 Å². The van der Waals surface area contributed by atoms with Crippen molar-refractivity contribution in [2.24, 2.45) is 10.9 Å². The van der Waals surface area contributed by atoms with E-state index in [0.29, 0.717) is 0 Å². The van der Waals surface area contributed by atoms with Crippen molar-refractivity contribution in [2.75, 3.05) is 54.1 Å². The lowest BCUT2D eigenvalue weighted by Gasteiger charge is -2.26. The Bertz CT molecular complexity index is 849. The minimum Gasteiger partial charge on any atom is -0.497 e. The van der Waals surface area contributed by atoms with E-state index < -0.39 is 0 Å². The molecule has 0 saturated carbocycles. The van der Waals surface area contributed by atoms with E-state index in [1.54, 1.807) is 14.2 Å². The molecule has 1 fully saturated rings. The molecule has 0 amide bonds. The molecule has 180 valence electrons. The molecule has 2 heterocycles. The maximum absolute atomic E-state index is 5.52. The highest BCUT2D eigenvalue weighted by Crippen LogP contribution is 2.31. The summed E-state index contributed by atoms with van der Waals surface area (Å²) >= 11 is 0. The van der Waals surface area contributed by atoms with E-state index in [0.717, 1.165) is 80.0 Å². The lowest BCUT2D eigenvalue weighted by Crippen LogP contribution is -2.40. The van der Waals surface area contributed by atoms with E-state index >= 15 is 0 Å². The van der Waals surface area contributed by atoms with Crippen LogP contribution in [0.1, 0.15) is 38.3 Å². The summed E-state index contributed by atoms with van der Waals surface area (Å²) in [6.07, 6.45) is 5.49. The molecular weight excluding hydrogens is 519 g/mol. The third-order valence-electron chi connectivity index (χ3n) is 5.96. The average molecular weight is 559 g/mol. The van der Waals surface area contributed by atoms with E-state index in [9.17, 15) is 0 Å². The number of methoxy groups -OCH3 is 2. The summed E-state index contributed by atoms with van der Waals surface area (Å²) in [5, 5.41) is 4.52. The van der Waals surface area contributed by atoms with Gasteiger partial charge < -0.3 is 29.4 Å². The molecule has 1 saturated heterocycles. The molecule has 1 aliphatic rings. The van der Waals surface area contributed by atoms with Gasteiger partial charge in [-0.25, -0.2) is 0 Å². The standard InChI is InChI=1S/C24H38N4O3.HI/c1-5-25-24(28(2)12-8-18-9-13-31-14-10-18)26-11-6-7-19-15-21-22(27-19)16-20(29-3)17-23(21)30-4;/h15-18,27H,5-14H2,1-4H3,(H,25,26);1H. The molecule has 2 N–H and O–H groups in total. The molecular formula is C24H39IN4O3. The van der Waals surface area contributed by atoms with Crippen LogP contribution in [0.25, 0.3) is 10.9 Å². The number of nitrogens with one attached hydrogen (secondary N) is 2. The van der Waals surface area contributed by atoms with Crippen LogP contribution in [0.5, 0.6) is 11.5 Å². The van der Waals surface area contributed by atoms with Crippen molar-refractivity contribution < 1.29 is 14.2 Å². The first-order valence-electron chi connectivity index (χ1n) is 11.4. The van der Waals surface area contributed by atoms with Crippen molar-refractivity contribution >= 4 is 40.8 Å². The van der Waals surface area contributed by atoms with Gasteiger partial charge in [-0.15, -0.1) is 24.0 Å². The molecule has 2 aromatic rings. The fourth-order valence-corrected chi connectivity index (χ4v) is 4.10. The Hall–Kier alpha value is -1.68. The molecule has 1 aliphatic heterocycles. The van der Waals surface area contributed by atoms with Crippen molar-refractivity contribution in [3.63, 3.8) is 0 Å². The lowest BCUT2D eigenvalue weighted by molar-refractivity contribution is 0.0625. The number of fused-ring (bicyclic) bond motifs is 1. The van der Waals surface area contributed by atoms with E-state index in [1.807, 2.05) is 12.1 Å². The largest absolute Gasteiger partial charge is 0.497 e. The Morgan fingerprint density at radius 3 is 2.69 bits per heavy atom. The van der Waals surface area contributed by atoms with E-state index in [2.05, 4.69) is 35.2 Å². The Labute approximate surface area is 209 Å². The molecule has 0 radical (unpaired) electrons. The molecule has 0 aliphatic carbocycles. The third kappa shape index (κ3) is 7.43. The Balaban J connectivity index is 0.00000363. The van der Waals surface area contributed by atoms with Crippen molar-refractivity contribution in [3.05, 3.63) is 23.9 Å².